The number of para-hydroxylation sites is 1. The van der Waals surface area contributed by atoms with E-state index >= 15 is 0 Å². The van der Waals surface area contributed by atoms with E-state index in [1.54, 1.807) is 11.8 Å². The van der Waals surface area contributed by atoms with Crippen molar-refractivity contribution in [3.63, 3.8) is 0 Å². The largest absolute Gasteiger partial charge is 0.490 e. The number of nitrogens with one attached hydrogen (secondary N) is 2. The smallest absolute Gasteiger partial charge is 0.238 e. The summed E-state index contributed by atoms with van der Waals surface area (Å²) in [7, 11) is 0. The number of benzene rings is 1. The van der Waals surface area contributed by atoms with Crippen molar-refractivity contribution >= 4 is 33.6 Å². The summed E-state index contributed by atoms with van der Waals surface area (Å²) < 4.78 is 6.32. The molecule has 0 aromatic heterocycles. The highest BCUT2D eigenvalue weighted by molar-refractivity contribution is 9.10. The van der Waals surface area contributed by atoms with Crippen molar-refractivity contribution in [3.8, 4) is 5.75 Å². The van der Waals surface area contributed by atoms with E-state index in [9.17, 15) is 9.90 Å². The van der Waals surface area contributed by atoms with Crippen LogP contribution in [0.3, 0.4) is 0 Å². The summed E-state index contributed by atoms with van der Waals surface area (Å²) in [5, 5.41) is 15.6. The second-order valence-corrected chi connectivity index (χ2v) is 6.30. The Labute approximate surface area is 130 Å². The molecule has 0 spiro atoms. The third-order valence-corrected chi connectivity index (χ3v) is 4.41. The number of aliphatic hydroxyl groups is 1. The number of carbonyl (C=O) groups is 1. The lowest BCUT2D eigenvalue weighted by Crippen LogP contribution is -2.45. The molecule has 1 fully saturated rings. The molecular weight excluding hydrogens is 344 g/mol. The Bertz CT molecular complexity index is 455. The summed E-state index contributed by atoms with van der Waals surface area (Å²) in [6.45, 7) is 0.321. The molecule has 1 aliphatic rings. The zero-order chi connectivity index (χ0) is 14.4. The van der Waals surface area contributed by atoms with Crippen LogP contribution in [0.15, 0.2) is 28.7 Å². The Balaban J connectivity index is 1.69. The van der Waals surface area contributed by atoms with Gasteiger partial charge in [-0.3, -0.25) is 10.1 Å². The molecule has 0 saturated carbocycles. The van der Waals surface area contributed by atoms with Gasteiger partial charge < -0.3 is 15.2 Å². The molecule has 1 aliphatic heterocycles. The van der Waals surface area contributed by atoms with Crippen LogP contribution < -0.4 is 15.4 Å². The van der Waals surface area contributed by atoms with Gasteiger partial charge in [-0.15, -0.1) is 11.8 Å². The van der Waals surface area contributed by atoms with Crippen molar-refractivity contribution in [3.05, 3.63) is 28.7 Å². The van der Waals surface area contributed by atoms with Gasteiger partial charge in [-0.25, -0.2) is 0 Å². The van der Waals surface area contributed by atoms with Crippen molar-refractivity contribution in [2.45, 2.75) is 12.1 Å². The van der Waals surface area contributed by atoms with Crippen LogP contribution in [0.4, 0.5) is 0 Å². The molecule has 1 aromatic carbocycles. The Morgan fingerprint density at radius 1 is 1.60 bits per heavy atom. The molecule has 1 amide bonds. The van der Waals surface area contributed by atoms with Gasteiger partial charge in [0.15, 0.2) is 0 Å². The van der Waals surface area contributed by atoms with Crippen LogP contribution in [-0.2, 0) is 4.79 Å². The van der Waals surface area contributed by atoms with Crippen LogP contribution >= 0.6 is 27.7 Å². The molecule has 0 bridgehead atoms. The number of thioether (sulfide) groups is 1. The summed E-state index contributed by atoms with van der Waals surface area (Å²) >= 11 is 5.06. The molecule has 3 N–H and O–H groups in total. The van der Waals surface area contributed by atoms with Gasteiger partial charge in [0, 0.05) is 18.2 Å². The molecule has 2 rings (SSSR count). The zero-order valence-electron chi connectivity index (χ0n) is 10.8. The average Bonchev–Trinajstić information content (AvgIpc) is 2.98. The van der Waals surface area contributed by atoms with Gasteiger partial charge in [-0.1, -0.05) is 12.1 Å². The number of aliphatic hydroxyl groups excluding tert-OH is 1. The maximum absolute atomic E-state index is 11.7. The van der Waals surface area contributed by atoms with Crippen LogP contribution in [0.2, 0.25) is 0 Å². The molecule has 5 nitrogen and oxygen atoms in total. The molecule has 0 aliphatic carbocycles. The predicted octanol–water partition coefficient (Wildman–Crippen LogP) is 0.967. The van der Waals surface area contributed by atoms with E-state index in [-0.39, 0.29) is 25.1 Å². The third-order valence-electron chi connectivity index (χ3n) is 2.81. The molecule has 110 valence electrons. The maximum Gasteiger partial charge on any atom is 0.238 e. The lowest BCUT2D eigenvalue weighted by Gasteiger charge is -2.15. The standard InChI is InChI=1S/C13H17BrN2O3S/c14-10-3-1-2-4-12(10)19-6-9(17)5-15-13(18)11-7-20-8-16-11/h1-4,9,11,16-17H,5-8H2,(H,15,18)/t9-,11-/m0/s1. The monoisotopic (exact) mass is 360 g/mol. The molecule has 20 heavy (non-hydrogen) atoms. The molecule has 1 aromatic rings. The molecule has 0 radical (unpaired) electrons. The van der Waals surface area contributed by atoms with Gasteiger partial charge in [-0.05, 0) is 28.1 Å². The summed E-state index contributed by atoms with van der Waals surface area (Å²) in [5.41, 5.74) is 0. The first-order valence-corrected chi connectivity index (χ1v) is 8.26. The van der Waals surface area contributed by atoms with Crippen LogP contribution in [0.25, 0.3) is 0 Å². The fourth-order valence-electron chi connectivity index (χ4n) is 1.71. The lowest BCUT2D eigenvalue weighted by atomic mass is 10.3. The minimum absolute atomic E-state index is 0.0741. The van der Waals surface area contributed by atoms with E-state index in [2.05, 4.69) is 26.6 Å². The Morgan fingerprint density at radius 3 is 3.10 bits per heavy atom. The maximum atomic E-state index is 11.7. The normalized spacial score (nSPS) is 19.6. The quantitative estimate of drug-likeness (QED) is 0.705. The van der Waals surface area contributed by atoms with E-state index < -0.39 is 6.10 Å². The van der Waals surface area contributed by atoms with Crippen LogP contribution in [-0.4, -0.2) is 47.9 Å². The minimum Gasteiger partial charge on any atom is -0.490 e. The first-order chi connectivity index (χ1) is 9.66. The van der Waals surface area contributed by atoms with E-state index in [1.165, 1.54) is 0 Å². The van der Waals surface area contributed by atoms with Crippen molar-refractivity contribution in [1.29, 1.82) is 0 Å². The number of amides is 1. The number of hydrogen-bond acceptors (Lipinski definition) is 5. The van der Waals surface area contributed by atoms with Crippen molar-refractivity contribution in [1.82, 2.24) is 10.6 Å². The van der Waals surface area contributed by atoms with E-state index in [0.717, 1.165) is 16.1 Å². The zero-order valence-corrected chi connectivity index (χ0v) is 13.2. The summed E-state index contributed by atoms with van der Waals surface area (Å²) in [6, 6.07) is 7.27. The fraction of sp³-hybridized carbons (Fsp3) is 0.462. The Morgan fingerprint density at radius 2 is 2.40 bits per heavy atom. The van der Waals surface area contributed by atoms with Crippen LogP contribution in [0.1, 0.15) is 0 Å². The Hall–Kier alpha value is -0.760. The minimum atomic E-state index is -0.736. The number of ether oxygens (including phenoxy) is 1. The molecule has 1 saturated heterocycles. The topological polar surface area (TPSA) is 70.6 Å². The summed E-state index contributed by atoms with van der Waals surface area (Å²) in [5.74, 6) is 2.17. The number of halogens is 1. The third kappa shape index (κ3) is 4.66. The predicted molar refractivity (Wildman–Crippen MR) is 82.9 cm³/mol. The van der Waals surface area contributed by atoms with Gasteiger partial charge in [-0.2, -0.15) is 0 Å². The van der Waals surface area contributed by atoms with Crippen molar-refractivity contribution < 1.29 is 14.6 Å². The molecule has 0 unspecified atom stereocenters. The molecule has 2 atom stereocenters. The second kappa shape index (κ2) is 7.87. The van der Waals surface area contributed by atoms with Gasteiger partial charge in [0.1, 0.15) is 18.5 Å². The SMILES string of the molecule is O=C(NC[C@H](O)COc1ccccc1Br)[C@@H]1CSCN1. The highest BCUT2D eigenvalue weighted by Crippen LogP contribution is 2.23. The van der Waals surface area contributed by atoms with Gasteiger partial charge in [0.25, 0.3) is 0 Å². The van der Waals surface area contributed by atoms with Gasteiger partial charge in [0.05, 0.1) is 10.5 Å². The average molecular weight is 361 g/mol. The lowest BCUT2D eigenvalue weighted by molar-refractivity contribution is -0.122. The first-order valence-electron chi connectivity index (χ1n) is 6.31. The van der Waals surface area contributed by atoms with Crippen molar-refractivity contribution in [2.75, 3.05) is 24.8 Å². The highest BCUT2D eigenvalue weighted by Gasteiger charge is 2.22. The summed E-state index contributed by atoms with van der Waals surface area (Å²) in [6.07, 6.45) is -0.736. The first kappa shape index (κ1) is 15.6. The van der Waals surface area contributed by atoms with E-state index in [1.807, 2.05) is 24.3 Å². The summed E-state index contributed by atoms with van der Waals surface area (Å²) in [4.78, 5) is 11.7. The number of rotatable bonds is 6. The second-order valence-electron chi connectivity index (χ2n) is 4.41. The van der Waals surface area contributed by atoms with Crippen LogP contribution in [0, 0.1) is 0 Å². The van der Waals surface area contributed by atoms with E-state index in [0.29, 0.717) is 5.75 Å². The number of carbonyl (C=O) groups excluding carboxylic acids is 1. The van der Waals surface area contributed by atoms with Crippen molar-refractivity contribution in [2.24, 2.45) is 0 Å². The number of hydrogen-bond donors (Lipinski definition) is 3. The van der Waals surface area contributed by atoms with Gasteiger partial charge >= 0.3 is 0 Å². The van der Waals surface area contributed by atoms with E-state index in [4.69, 9.17) is 4.74 Å². The molecular formula is C13H17BrN2O3S. The Kier molecular flexibility index (Phi) is 6.15. The molecule has 1 heterocycles. The van der Waals surface area contributed by atoms with Gasteiger partial charge in [0.2, 0.25) is 5.91 Å². The highest BCUT2D eigenvalue weighted by atomic mass is 79.9. The molecule has 7 heteroatoms. The van der Waals surface area contributed by atoms with Crippen LogP contribution in [0.5, 0.6) is 5.75 Å². The fourth-order valence-corrected chi connectivity index (χ4v) is 3.05.